The Morgan fingerprint density at radius 2 is 1.75 bits per heavy atom. The summed E-state index contributed by atoms with van der Waals surface area (Å²) in [4.78, 5) is 52.5. The van der Waals surface area contributed by atoms with Crippen molar-refractivity contribution in [2.45, 2.75) is 52.9 Å². The maximum atomic E-state index is 13.9. The fourth-order valence-electron chi connectivity index (χ4n) is 4.93. The van der Waals surface area contributed by atoms with Crippen LogP contribution in [-0.4, -0.2) is 52.6 Å². The summed E-state index contributed by atoms with van der Waals surface area (Å²) in [7, 11) is 0. The highest BCUT2D eigenvalue weighted by molar-refractivity contribution is 6.13. The first-order chi connectivity index (χ1) is 19.0. The summed E-state index contributed by atoms with van der Waals surface area (Å²) in [5.74, 6) is -1.50. The molecule has 0 spiro atoms. The van der Waals surface area contributed by atoms with Crippen molar-refractivity contribution in [3.8, 4) is 0 Å². The van der Waals surface area contributed by atoms with Crippen LogP contribution in [-0.2, 0) is 14.4 Å². The van der Waals surface area contributed by atoms with Crippen molar-refractivity contribution in [3.05, 3.63) is 65.7 Å². The molecule has 40 heavy (non-hydrogen) atoms. The van der Waals surface area contributed by atoms with Gasteiger partial charge < -0.3 is 10.4 Å². The van der Waals surface area contributed by atoms with Gasteiger partial charge in [0.05, 0.1) is 17.9 Å². The predicted molar refractivity (Wildman–Crippen MR) is 155 cm³/mol. The number of anilines is 2. The number of hydrazone groups is 1. The highest BCUT2D eigenvalue weighted by Gasteiger charge is 2.36. The minimum absolute atomic E-state index is 0.104. The number of benzene rings is 2. The minimum Gasteiger partial charge on any atom is -0.478 e. The number of rotatable bonds is 8. The summed E-state index contributed by atoms with van der Waals surface area (Å²) in [5.41, 5.74) is 2.60. The molecule has 1 saturated carbocycles. The van der Waals surface area contributed by atoms with Gasteiger partial charge in [0.2, 0.25) is 5.91 Å². The van der Waals surface area contributed by atoms with Crippen molar-refractivity contribution in [1.29, 1.82) is 0 Å². The SMILES string of the molecule is CC(C)(C)C(=O)CN1C(=O)N(CC(=O)Nc2cccc(/C=C/C(=O)O)c2)N=C(C2CCCCC2)c2ccccc21. The fraction of sp³-hybridized carbons (Fsp3) is 0.387. The summed E-state index contributed by atoms with van der Waals surface area (Å²) < 4.78 is 0. The van der Waals surface area contributed by atoms with Crippen LogP contribution in [0.5, 0.6) is 0 Å². The number of hydrogen-bond donors (Lipinski definition) is 2. The van der Waals surface area contributed by atoms with Gasteiger partial charge in [-0.2, -0.15) is 5.10 Å². The molecule has 0 radical (unpaired) electrons. The van der Waals surface area contributed by atoms with E-state index in [2.05, 4.69) is 5.32 Å². The molecule has 0 aromatic heterocycles. The normalized spacial score (nSPS) is 16.4. The molecular weight excluding hydrogens is 508 g/mol. The Morgan fingerprint density at radius 1 is 1.02 bits per heavy atom. The first-order valence-electron chi connectivity index (χ1n) is 13.6. The quantitative estimate of drug-likeness (QED) is 0.422. The number of Topliss-reactive ketones (excluding diaryl/α,β-unsaturated/α-hetero) is 1. The van der Waals surface area contributed by atoms with E-state index in [9.17, 15) is 19.2 Å². The number of ketones is 1. The molecule has 4 rings (SSSR count). The Kier molecular flexibility index (Phi) is 8.82. The van der Waals surface area contributed by atoms with Crippen molar-refractivity contribution in [3.63, 3.8) is 0 Å². The summed E-state index contributed by atoms with van der Waals surface area (Å²) in [6.07, 6.45) is 7.63. The lowest BCUT2D eigenvalue weighted by Gasteiger charge is -2.28. The molecule has 9 heteroatoms. The number of carboxylic acids is 1. The lowest BCUT2D eigenvalue weighted by molar-refractivity contribution is -0.131. The maximum Gasteiger partial charge on any atom is 0.345 e. The lowest BCUT2D eigenvalue weighted by Crippen LogP contribution is -2.47. The van der Waals surface area contributed by atoms with E-state index in [1.165, 1.54) is 16.0 Å². The third kappa shape index (κ3) is 7.02. The van der Waals surface area contributed by atoms with E-state index in [0.717, 1.165) is 49.5 Å². The summed E-state index contributed by atoms with van der Waals surface area (Å²) in [5, 5.41) is 17.6. The van der Waals surface area contributed by atoms with Gasteiger partial charge in [-0.3, -0.25) is 14.5 Å². The van der Waals surface area contributed by atoms with E-state index in [4.69, 9.17) is 10.2 Å². The summed E-state index contributed by atoms with van der Waals surface area (Å²) >= 11 is 0. The molecule has 9 nitrogen and oxygen atoms in total. The fourth-order valence-corrected chi connectivity index (χ4v) is 4.93. The van der Waals surface area contributed by atoms with Crippen LogP contribution in [0.1, 0.15) is 64.0 Å². The molecule has 0 saturated heterocycles. The summed E-state index contributed by atoms with van der Waals surface area (Å²) in [6, 6.07) is 13.7. The van der Waals surface area contributed by atoms with Crippen molar-refractivity contribution in [2.75, 3.05) is 23.3 Å². The van der Waals surface area contributed by atoms with Gasteiger partial charge in [-0.1, -0.05) is 70.4 Å². The Bertz CT molecular complexity index is 1350. The van der Waals surface area contributed by atoms with Crippen LogP contribution in [0.2, 0.25) is 0 Å². The van der Waals surface area contributed by atoms with E-state index >= 15 is 0 Å². The number of nitrogens with one attached hydrogen (secondary N) is 1. The van der Waals surface area contributed by atoms with Crippen LogP contribution in [0.3, 0.4) is 0 Å². The van der Waals surface area contributed by atoms with Gasteiger partial charge in [0.15, 0.2) is 5.78 Å². The van der Waals surface area contributed by atoms with E-state index < -0.39 is 23.3 Å². The molecule has 2 N–H and O–H groups in total. The molecule has 0 bridgehead atoms. The average molecular weight is 545 g/mol. The molecule has 3 amide bonds. The molecule has 210 valence electrons. The van der Waals surface area contributed by atoms with Gasteiger partial charge >= 0.3 is 12.0 Å². The standard InChI is InChI=1S/C31H36N4O5/c1-31(2,3)26(36)19-34-25-15-8-7-14-24(25)29(22-11-5-4-6-12-22)33-35(30(34)40)20-27(37)32-23-13-9-10-21(18-23)16-17-28(38)39/h7-10,13-18,22H,4-6,11-12,19-20H2,1-3H3,(H,32,37)(H,38,39)/b17-16+. The first-order valence-corrected chi connectivity index (χ1v) is 13.6. The van der Waals surface area contributed by atoms with Gasteiger partial charge in [-0.25, -0.2) is 14.6 Å². The third-order valence-electron chi connectivity index (χ3n) is 7.16. The maximum absolute atomic E-state index is 13.9. The monoisotopic (exact) mass is 544 g/mol. The zero-order valence-electron chi connectivity index (χ0n) is 23.2. The van der Waals surface area contributed by atoms with E-state index in [1.807, 2.05) is 45.0 Å². The Hall–Kier alpha value is -4.27. The highest BCUT2D eigenvalue weighted by Crippen LogP contribution is 2.34. The second kappa shape index (κ2) is 12.3. The van der Waals surface area contributed by atoms with Crippen molar-refractivity contribution < 1.29 is 24.3 Å². The van der Waals surface area contributed by atoms with Gasteiger partial charge in [-0.15, -0.1) is 0 Å². The number of carbonyl (C=O) groups is 4. The number of amides is 3. The minimum atomic E-state index is -1.07. The number of para-hydroxylation sites is 1. The zero-order chi connectivity index (χ0) is 28.9. The second-order valence-electron chi connectivity index (χ2n) is 11.3. The first kappa shape index (κ1) is 28.7. The number of carboxylic acid groups (broad SMARTS) is 1. The third-order valence-corrected chi connectivity index (χ3v) is 7.16. The van der Waals surface area contributed by atoms with Crippen molar-refractivity contribution in [1.82, 2.24) is 5.01 Å². The molecule has 1 heterocycles. The van der Waals surface area contributed by atoms with Crippen LogP contribution in [0.4, 0.5) is 16.2 Å². The predicted octanol–water partition coefficient (Wildman–Crippen LogP) is 5.56. The Labute approximate surface area is 234 Å². The van der Waals surface area contributed by atoms with Crippen molar-refractivity contribution >= 4 is 46.9 Å². The molecular formula is C31H36N4O5. The number of fused-ring (bicyclic) bond motifs is 1. The molecule has 2 aromatic carbocycles. The van der Waals surface area contributed by atoms with E-state index in [1.54, 1.807) is 24.3 Å². The van der Waals surface area contributed by atoms with Crippen LogP contribution >= 0.6 is 0 Å². The van der Waals surface area contributed by atoms with Crippen molar-refractivity contribution in [2.24, 2.45) is 16.4 Å². The summed E-state index contributed by atoms with van der Waals surface area (Å²) in [6.45, 7) is 4.97. The van der Waals surface area contributed by atoms with E-state index in [-0.39, 0.29) is 24.8 Å². The Morgan fingerprint density at radius 3 is 2.45 bits per heavy atom. The molecule has 2 aliphatic rings. The molecule has 2 aromatic rings. The van der Waals surface area contributed by atoms with Gasteiger partial charge in [0.25, 0.3) is 0 Å². The van der Waals surface area contributed by atoms with Crippen LogP contribution < -0.4 is 10.2 Å². The van der Waals surface area contributed by atoms with Crippen LogP contribution in [0.25, 0.3) is 6.08 Å². The zero-order valence-corrected chi connectivity index (χ0v) is 23.2. The second-order valence-corrected chi connectivity index (χ2v) is 11.3. The Balaban J connectivity index is 1.66. The van der Waals surface area contributed by atoms with Gasteiger partial charge in [0.1, 0.15) is 6.54 Å². The topological polar surface area (TPSA) is 119 Å². The smallest absolute Gasteiger partial charge is 0.345 e. The molecule has 0 unspecified atom stereocenters. The molecule has 1 aliphatic carbocycles. The number of nitrogens with zero attached hydrogens (tertiary/aromatic N) is 3. The molecule has 1 aliphatic heterocycles. The molecule has 0 atom stereocenters. The van der Waals surface area contributed by atoms with Gasteiger partial charge in [-0.05, 0) is 42.7 Å². The lowest BCUT2D eigenvalue weighted by atomic mass is 9.83. The highest BCUT2D eigenvalue weighted by atomic mass is 16.4. The average Bonchev–Trinajstić information content (AvgIpc) is 3.03. The largest absolute Gasteiger partial charge is 0.478 e. The number of aliphatic carboxylic acids is 1. The number of hydrogen-bond acceptors (Lipinski definition) is 5. The van der Waals surface area contributed by atoms with Crippen LogP contribution in [0.15, 0.2) is 59.7 Å². The van der Waals surface area contributed by atoms with Gasteiger partial charge in [0, 0.05) is 28.7 Å². The van der Waals surface area contributed by atoms with Crippen LogP contribution in [0, 0.1) is 11.3 Å². The number of urea groups is 1. The van der Waals surface area contributed by atoms with E-state index in [0.29, 0.717) is 16.9 Å². The molecule has 1 fully saturated rings. The number of carbonyl (C=O) groups excluding carboxylic acids is 3.